The molecule has 0 spiro atoms. The number of H-pyrrole nitrogens is 1. The van der Waals surface area contributed by atoms with Gasteiger partial charge in [0.05, 0.1) is 12.3 Å². The van der Waals surface area contributed by atoms with Crippen molar-refractivity contribution >= 4 is 33.5 Å². The highest BCUT2D eigenvalue weighted by Crippen LogP contribution is 2.32. The average Bonchev–Trinajstić information content (AvgIpc) is 3.16. The van der Waals surface area contributed by atoms with Gasteiger partial charge < -0.3 is 14.2 Å². The Morgan fingerprint density at radius 3 is 2.89 bits per heavy atom. The van der Waals surface area contributed by atoms with Crippen molar-refractivity contribution in [3.8, 4) is 17.0 Å². The summed E-state index contributed by atoms with van der Waals surface area (Å²) in [4.78, 5) is 12.4. The van der Waals surface area contributed by atoms with Gasteiger partial charge in [0, 0.05) is 26.2 Å². The maximum absolute atomic E-state index is 12.4. The fourth-order valence-corrected chi connectivity index (χ4v) is 3.31. The first kappa shape index (κ1) is 18.0. The van der Waals surface area contributed by atoms with Gasteiger partial charge in [-0.25, -0.2) is 4.79 Å². The second-order valence-corrected chi connectivity index (χ2v) is 7.27. The van der Waals surface area contributed by atoms with E-state index in [1.165, 1.54) is 0 Å². The summed E-state index contributed by atoms with van der Waals surface area (Å²) in [5, 5.41) is 7.42. The highest BCUT2D eigenvalue weighted by molar-refractivity contribution is 9.10. The Kier molecular flexibility index (Phi) is 5.15. The van der Waals surface area contributed by atoms with Crippen LogP contribution in [0.2, 0.25) is 5.02 Å². The molecule has 3 aromatic rings. The van der Waals surface area contributed by atoms with Crippen LogP contribution in [0, 0.1) is 0 Å². The van der Waals surface area contributed by atoms with E-state index in [9.17, 15) is 4.79 Å². The SMILES string of the molecule is O=C(OCc1cc(Cl)cc2c1OCOC2)c1cc(-c2ccc(Br)cc2)n[nH]1. The predicted octanol–water partition coefficient (Wildman–Crippen LogP) is 4.72. The van der Waals surface area contributed by atoms with Gasteiger partial charge in [-0.3, -0.25) is 5.10 Å². The molecule has 2 heterocycles. The Balaban J connectivity index is 1.48. The van der Waals surface area contributed by atoms with Crippen LogP contribution in [0.25, 0.3) is 11.3 Å². The summed E-state index contributed by atoms with van der Waals surface area (Å²) in [6.45, 7) is 0.606. The molecular formula is C19H14BrClN2O4. The topological polar surface area (TPSA) is 73.4 Å². The third-order valence-corrected chi connectivity index (χ3v) is 4.80. The zero-order valence-electron chi connectivity index (χ0n) is 14.0. The van der Waals surface area contributed by atoms with E-state index in [4.69, 9.17) is 25.8 Å². The first-order valence-electron chi connectivity index (χ1n) is 8.10. The van der Waals surface area contributed by atoms with Crippen LogP contribution in [-0.4, -0.2) is 23.0 Å². The van der Waals surface area contributed by atoms with E-state index in [-0.39, 0.29) is 19.1 Å². The summed E-state index contributed by atoms with van der Waals surface area (Å²) in [7, 11) is 0. The molecule has 8 heteroatoms. The molecule has 1 aromatic heterocycles. The van der Waals surface area contributed by atoms with Gasteiger partial charge in [0.15, 0.2) is 6.79 Å². The van der Waals surface area contributed by atoms with Gasteiger partial charge in [0.25, 0.3) is 0 Å². The first-order chi connectivity index (χ1) is 13.1. The molecule has 2 aromatic carbocycles. The lowest BCUT2D eigenvalue weighted by Gasteiger charge is -2.20. The summed E-state index contributed by atoms with van der Waals surface area (Å²) in [5.41, 5.74) is 3.36. The van der Waals surface area contributed by atoms with Crippen molar-refractivity contribution in [3.63, 3.8) is 0 Å². The minimum absolute atomic E-state index is 0.0361. The Hall–Kier alpha value is -2.35. The standard InChI is InChI=1S/C19H14BrClN2O4/c20-14-3-1-11(2-4-14)16-7-17(23-22-16)19(24)26-9-13-6-15(21)5-12-8-25-10-27-18(12)13/h1-7H,8-10H2,(H,22,23). The molecule has 0 fully saturated rings. The zero-order valence-corrected chi connectivity index (χ0v) is 16.3. The van der Waals surface area contributed by atoms with E-state index in [0.717, 1.165) is 15.6 Å². The summed E-state index contributed by atoms with van der Waals surface area (Å²) >= 11 is 9.52. The fraction of sp³-hybridized carbons (Fsp3) is 0.158. The molecule has 0 aliphatic carbocycles. The minimum atomic E-state index is -0.508. The number of fused-ring (bicyclic) bond motifs is 1. The van der Waals surface area contributed by atoms with Crippen LogP contribution in [0.4, 0.5) is 0 Å². The van der Waals surface area contributed by atoms with Crippen LogP contribution in [0.5, 0.6) is 5.75 Å². The molecule has 1 aliphatic rings. The van der Waals surface area contributed by atoms with Gasteiger partial charge in [-0.1, -0.05) is 39.7 Å². The van der Waals surface area contributed by atoms with Crippen LogP contribution < -0.4 is 4.74 Å². The number of aromatic nitrogens is 2. The second-order valence-electron chi connectivity index (χ2n) is 5.91. The van der Waals surface area contributed by atoms with Gasteiger partial charge >= 0.3 is 5.97 Å². The molecule has 6 nitrogen and oxygen atoms in total. The van der Waals surface area contributed by atoms with Crippen LogP contribution >= 0.6 is 27.5 Å². The lowest BCUT2D eigenvalue weighted by molar-refractivity contribution is -0.0180. The number of rotatable bonds is 4. The monoisotopic (exact) mass is 448 g/mol. The molecule has 0 saturated heterocycles. The molecule has 4 rings (SSSR count). The second kappa shape index (κ2) is 7.72. The van der Waals surface area contributed by atoms with Crippen LogP contribution in [0.15, 0.2) is 46.9 Å². The molecular weight excluding hydrogens is 436 g/mol. The van der Waals surface area contributed by atoms with Crippen LogP contribution in [0.3, 0.4) is 0 Å². The van der Waals surface area contributed by atoms with Crippen molar-refractivity contribution in [2.75, 3.05) is 6.79 Å². The highest BCUT2D eigenvalue weighted by Gasteiger charge is 2.19. The lowest BCUT2D eigenvalue weighted by atomic mass is 10.1. The number of hydrogen-bond acceptors (Lipinski definition) is 5. The van der Waals surface area contributed by atoms with Gasteiger partial charge in [0.2, 0.25) is 0 Å². The average molecular weight is 450 g/mol. The van der Waals surface area contributed by atoms with Gasteiger partial charge in [-0.2, -0.15) is 5.10 Å². The quantitative estimate of drug-likeness (QED) is 0.584. The Bertz CT molecular complexity index is 988. The van der Waals surface area contributed by atoms with Gasteiger partial charge in [-0.05, 0) is 30.3 Å². The Labute approximate surface area is 168 Å². The normalized spacial score (nSPS) is 13.0. The number of nitrogens with zero attached hydrogens (tertiary/aromatic N) is 1. The van der Waals surface area contributed by atoms with Gasteiger partial charge in [-0.15, -0.1) is 0 Å². The van der Waals surface area contributed by atoms with E-state index in [1.807, 2.05) is 24.3 Å². The molecule has 0 atom stereocenters. The lowest BCUT2D eigenvalue weighted by Crippen LogP contribution is -2.14. The molecule has 1 aliphatic heterocycles. The molecule has 138 valence electrons. The van der Waals surface area contributed by atoms with E-state index in [1.54, 1.807) is 18.2 Å². The maximum Gasteiger partial charge on any atom is 0.356 e. The van der Waals surface area contributed by atoms with Gasteiger partial charge in [0.1, 0.15) is 18.1 Å². The Morgan fingerprint density at radius 2 is 2.07 bits per heavy atom. The third kappa shape index (κ3) is 4.00. The van der Waals surface area contributed by atoms with E-state index in [2.05, 4.69) is 26.1 Å². The number of nitrogens with one attached hydrogen (secondary N) is 1. The Morgan fingerprint density at radius 1 is 1.26 bits per heavy atom. The maximum atomic E-state index is 12.4. The molecule has 1 N–H and O–H groups in total. The first-order valence-corrected chi connectivity index (χ1v) is 9.27. The van der Waals surface area contributed by atoms with Crippen molar-refractivity contribution in [2.45, 2.75) is 13.2 Å². The van der Waals surface area contributed by atoms with Crippen molar-refractivity contribution in [1.82, 2.24) is 10.2 Å². The van der Waals surface area contributed by atoms with E-state index < -0.39 is 5.97 Å². The van der Waals surface area contributed by atoms with Crippen LogP contribution in [0.1, 0.15) is 21.6 Å². The summed E-state index contributed by atoms with van der Waals surface area (Å²) in [5.74, 6) is 0.144. The summed E-state index contributed by atoms with van der Waals surface area (Å²) < 4.78 is 17.1. The zero-order chi connectivity index (χ0) is 18.8. The van der Waals surface area contributed by atoms with E-state index in [0.29, 0.717) is 28.6 Å². The number of aromatic amines is 1. The molecule has 0 amide bonds. The van der Waals surface area contributed by atoms with Crippen molar-refractivity contribution in [1.29, 1.82) is 0 Å². The molecule has 0 saturated carbocycles. The van der Waals surface area contributed by atoms with Crippen molar-refractivity contribution in [3.05, 3.63) is 68.8 Å². The molecule has 0 radical (unpaired) electrons. The highest BCUT2D eigenvalue weighted by atomic mass is 79.9. The summed E-state index contributed by atoms with van der Waals surface area (Å²) in [6, 6.07) is 12.8. The molecule has 0 bridgehead atoms. The van der Waals surface area contributed by atoms with E-state index >= 15 is 0 Å². The summed E-state index contributed by atoms with van der Waals surface area (Å²) in [6.07, 6.45) is 0. The number of ether oxygens (including phenoxy) is 3. The smallest absolute Gasteiger partial charge is 0.356 e. The number of benzene rings is 2. The third-order valence-electron chi connectivity index (χ3n) is 4.05. The molecule has 0 unspecified atom stereocenters. The van der Waals surface area contributed by atoms with Crippen LogP contribution in [-0.2, 0) is 22.7 Å². The largest absolute Gasteiger partial charge is 0.467 e. The molecule has 27 heavy (non-hydrogen) atoms. The number of carbonyl (C=O) groups is 1. The predicted molar refractivity (Wildman–Crippen MR) is 103 cm³/mol. The van der Waals surface area contributed by atoms with Crippen molar-refractivity contribution < 1.29 is 19.0 Å². The number of esters is 1. The number of carbonyl (C=O) groups excluding carboxylic acids is 1. The van der Waals surface area contributed by atoms with Crippen molar-refractivity contribution in [2.24, 2.45) is 0 Å². The number of hydrogen-bond donors (Lipinski definition) is 1. The fourth-order valence-electron chi connectivity index (χ4n) is 2.78. The minimum Gasteiger partial charge on any atom is -0.467 e. The number of halogens is 2.